The third-order valence-corrected chi connectivity index (χ3v) is 3.86. The summed E-state index contributed by atoms with van der Waals surface area (Å²) in [6.45, 7) is 12.6. The van der Waals surface area contributed by atoms with Crippen molar-refractivity contribution in [3.8, 4) is 0 Å². The fraction of sp³-hybridized carbons (Fsp3) is 1.00. The summed E-state index contributed by atoms with van der Waals surface area (Å²) in [6.07, 6.45) is 2.47. The Morgan fingerprint density at radius 3 is 2.78 bits per heavy atom. The average molecular weight is 258 g/mol. The van der Waals surface area contributed by atoms with Gasteiger partial charge in [0, 0.05) is 18.1 Å². The molecule has 0 amide bonds. The van der Waals surface area contributed by atoms with Crippen LogP contribution < -0.4 is 5.32 Å². The maximum absolute atomic E-state index is 9.45. The van der Waals surface area contributed by atoms with Crippen LogP contribution in [-0.2, 0) is 4.74 Å². The van der Waals surface area contributed by atoms with Gasteiger partial charge in [0.2, 0.25) is 0 Å². The van der Waals surface area contributed by atoms with E-state index in [0.717, 1.165) is 39.1 Å². The highest BCUT2D eigenvalue weighted by molar-refractivity contribution is 4.83. The Kier molecular flexibility index (Phi) is 6.57. The molecule has 0 aromatic rings. The molecule has 0 spiro atoms. The number of nitrogens with one attached hydrogen (secondary N) is 1. The van der Waals surface area contributed by atoms with Crippen molar-refractivity contribution in [2.24, 2.45) is 0 Å². The summed E-state index contributed by atoms with van der Waals surface area (Å²) in [6, 6.07) is 0.515. The molecule has 3 atom stereocenters. The fourth-order valence-electron chi connectivity index (χ4n) is 2.61. The first-order valence-corrected chi connectivity index (χ1v) is 7.22. The highest BCUT2D eigenvalue weighted by atomic mass is 16.5. The van der Waals surface area contributed by atoms with Gasteiger partial charge in [-0.25, -0.2) is 0 Å². The fourth-order valence-corrected chi connectivity index (χ4v) is 2.61. The summed E-state index contributed by atoms with van der Waals surface area (Å²) in [7, 11) is 0. The van der Waals surface area contributed by atoms with Gasteiger partial charge in [0.05, 0.1) is 19.3 Å². The molecule has 108 valence electrons. The number of rotatable bonds is 7. The SMILES string of the molecule is CCNC(C)(CO)CCCN1CC(C)OCC1C. The maximum Gasteiger partial charge on any atom is 0.0674 e. The van der Waals surface area contributed by atoms with Gasteiger partial charge in [0.15, 0.2) is 0 Å². The van der Waals surface area contributed by atoms with Crippen LogP contribution in [0.25, 0.3) is 0 Å². The third-order valence-electron chi connectivity index (χ3n) is 3.86. The van der Waals surface area contributed by atoms with Gasteiger partial charge in [-0.1, -0.05) is 6.92 Å². The molecule has 2 N–H and O–H groups in total. The second kappa shape index (κ2) is 7.43. The molecule has 4 nitrogen and oxygen atoms in total. The lowest BCUT2D eigenvalue weighted by Crippen LogP contribution is -2.49. The van der Waals surface area contributed by atoms with Gasteiger partial charge in [-0.15, -0.1) is 0 Å². The molecule has 0 saturated carbocycles. The highest BCUT2D eigenvalue weighted by Gasteiger charge is 2.25. The van der Waals surface area contributed by atoms with Crippen LogP contribution in [0.2, 0.25) is 0 Å². The Hall–Kier alpha value is -0.160. The van der Waals surface area contributed by atoms with Gasteiger partial charge in [0.1, 0.15) is 0 Å². The average Bonchev–Trinajstić information content (AvgIpc) is 2.34. The number of aliphatic hydroxyl groups is 1. The molecule has 1 heterocycles. The quantitative estimate of drug-likeness (QED) is 0.721. The Labute approximate surface area is 112 Å². The second-order valence-electron chi connectivity index (χ2n) is 5.84. The lowest BCUT2D eigenvalue weighted by molar-refractivity contribution is -0.0502. The van der Waals surface area contributed by atoms with Crippen LogP contribution in [0, 0.1) is 0 Å². The number of hydrogen-bond donors (Lipinski definition) is 2. The molecular weight excluding hydrogens is 228 g/mol. The van der Waals surface area contributed by atoms with E-state index in [0.29, 0.717) is 12.1 Å². The summed E-state index contributed by atoms with van der Waals surface area (Å²) in [5.41, 5.74) is -0.129. The zero-order valence-corrected chi connectivity index (χ0v) is 12.4. The molecule has 1 rings (SSSR count). The first-order valence-electron chi connectivity index (χ1n) is 7.22. The van der Waals surface area contributed by atoms with Crippen molar-refractivity contribution >= 4 is 0 Å². The Morgan fingerprint density at radius 1 is 1.44 bits per heavy atom. The minimum atomic E-state index is -0.129. The van der Waals surface area contributed by atoms with Crippen LogP contribution in [-0.4, -0.2) is 60.5 Å². The van der Waals surface area contributed by atoms with E-state index in [-0.39, 0.29) is 12.1 Å². The van der Waals surface area contributed by atoms with E-state index in [4.69, 9.17) is 4.74 Å². The van der Waals surface area contributed by atoms with E-state index in [2.05, 4.69) is 37.9 Å². The number of hydrogen-bond acceptors (Lipinski definition) is 4. The first-order chi connectivity index (χ1) is 8.50. The highest BCUT2D eigenvalue weighted by Crippen LogP contribution is 2.16. The first kappa shape index (κ1) is 15.9. The van der Waals surface area contributed by atoms with Gasteiger partial charge in [0.25, 0.3) is 0 Å². The Morgan fingerprint density at radius 2 is 2.17 bits per heavy atom. The van der Waals surface area contributed by atoms with Gasteiger partial charge in [-0.3, -0.25) is 4.90 Å². The van der Waals surface area contributed by atoms with Gasteiger partial charge >= 0.3 is 0 Å². The molecule has 0 aliphatic carbocycles. The van der Waals surface area contributed by atoms with Crippen molar-refractivity contribution in [3.63, 3.8) is 0 Å². The van der Waals surface area contributed by atoms with Crippen LogP contribution in [0.3, 0.4) is 0 Å². The zero-order valence-electron chi connectivity index (χ0n) is 12.4. The molecule has 0 aromatic heterocycles. The van der Waals surface area contributed by atoms with E-state index in [9.17, 15) is 5.11 Å². The predicted octanol–water partition coefficient (Wildman–Crippen LogP) is 1.24. The third kappa shape index (κ3) is 4.84. The van der Waals surface area contributed by atoms with E-state index in [1.165, 1.54) is 0 Å². The van der Waals surface area contributed by atoms with Crippen molar-refractivity contribution in [1.82, 2.24) is 10.2 Å². The van der Waals surface area contributed by atoms with Crippen LogP contribution >= 0.6 is 0 Å². The molecule has 1 saturated heterocycles. The van der Waals surface area contributed by atoms with Crippen LogP contribution in [0.15, 0.2) is 0 Å². The standard InChI is InChI=1S/C14H30N2O2/c1-5-15-14(4,11-17)7-6-8-16-9-13(3)18-10-12(16)2/h12-13,15,17H,5-11H2,1-4H3. The minimum Gasteiger partial charge on any atom is -0.394 e. The largest absolute Gasteiger partial charge is 0.394 e. The second-order valence-corrected chi connectivity index (χ2v) is 5.84. The number of aliphatic hydroxyl groups excluding tert-OH is 1. The van der Waals surface area contributed by atoms with Crippen molar-refractivity contribution in [1.29, 1.82) is 0 Å². The van der Waals surface area contributed by atoms with Crippen LogP contribution in [0.4, 0.5) is 0 Å². The number of likely N-dealkylation sites (N-methyl/N-ethyl adjacent to an activating group) is 1. The van der Waals surface area contributed by atoms with Gasteiger partial charge < -0.3 is 15.2 Å². The molecule has 1 fully saturated rings. The summed E-state index contributed by atoms with van der Waals surface area (Å²) < 4.78 is 5.63. The normalized spacial score (nSPS) is 29.2. The number of morpholine rings is 1. The lowest BCUT2D eigenvalue weighted by Gasteiger charge is -2.37. The van der Waals surface area contributed by atoms with E-state index >= 15 is 0 Å². The Balaban J connectivity index is 2.31. The van der Waals surface area contributed by atoms with Crippen LogP contribution in [0.5, 0.6) is 0 Å². The van der Waals surface area contributed by atoms with Crippen molar-refractivity contribution in [2.45, 2.75) is 58.2 Å². The van der Waals surface area contributed by atoms with E-state index < -0.39 is 0 Å². The zero-order chi connectivity index (χ0) is 13.6. The number of nitrogens with zero attached hydrogens (tertiary/aromatic N) is 1. The molecule has 1 aliphatic rings. The topological polar surface area (TPSA) is 44.7 Å². The maximum atomic E-state index is 9.45. The lowest BCUT2D eigenvalue weighted by atomic mass is 9.96. The van der Waals surface area contributed by atoms with E-state index in [1.807, 2.05) is 0 Å². The van der Waals surface area contributed by atoms with Crippen molar-refractivity contribution in [3.05, 3.63) is 0 Å². The molecule has 0 aromatic carbocycles. The molecule has 3 unspecified atom stereocenters. The molecule has 0 radical (unpaired) electrons. The van der Waals surface area contributed by atoms with E-state index in [1.54, 1.807) is 0 Å². The van der Waals surface area contributed by atoms with Crippen LogP contribution in [0.1, 0.15) is 40.5 Å². The predicted molar refractivity (Wildman–Crippen MR) is 74.9 cm³/mol. The molecular formula is C14H30N2O2. The monoisotopic (exact) mass is 258 g/mol. The summed E-state index contributed by atoms with van der Waals surface area (Å²) in [5.74, 6) is 0. The summed E-state index contributed by atoms with van der Waals surface area (Å²) in [5, 5.41) is 12.8. The molecule has 18 heavy (non-hydrogen) atoms. The minimum absolute atomic E-state index is 0.129. The molecule has 4 heteroatoms. The molecule has 0 bridgehead atoms. The van der Waals surface area contributed by atoms with Gasteiger partial charge in [-0.05, 0) is 46.7 Å². The smallest absolute Gasteiger partial charge is 0.0674 e. The summed E-state index contributed by atoms with van der Waals surface area (Å²) in [4.78, 5) is 2.50. The van der Waals surface area contributed by atoms with Crippen molar-refractivity contribution in [2.75, 3.05) is 32.8 Å². The van der Waals surface area contributed by atoms with Gasteiger partial charge in [-0.2, -0.15) is 0 Å². The van der Waals surface area contributed by atoms with Crippen molar-refractivity contribution < 1.29 is 9.84 Å². The Bertz CT molecular complexity index is 238. The number of ether oxygens (including phenoxy) is 1. The molecule has 1 aliphatic heterocycles. The summed E-state index contributed by atoms with van der Waals surface area (Å²) >= 11 is 0.